The molecule has 1 heterocycles. The van der Waals surface area contributed by atoms with E-state index >= 15 is 0 Å². The topological polar surface area (TPSA) is 62.6 Å². The number of nitrogens with one attached hydrogen (secondary N) is 1. The van der Waals surface area contributed by atoms with E-state index in [1.807, 2.05) is 43.3 Å². The summed E-state index contributed by atoms with van der Waals surface area (Å²) < 4.78 is 5.35. The normalized spacial score (nSPS) is 10.3. The van der Waals surface area contributed by atoms with Gasteiger partial charge >= 0.3 is 0 Å². The maximum atomic E-state index is 12.6. The molecular weight excluding hydrogens is 292 g/mol. The predicted octanol–water partition coefficient (Wildman–Crippen LogP) is 3.12. The van der Waals surface area contributed by atoms with Gasteiger partial charge < -0.3 is 14.6 Å². The smallest absolute Gasteiger partial charge is 0.227 e. The molecule has 1 aromatic carbocycles. The van der Waals surface area contributed by atoms with Gasteiger partial charge in [-0.1, -0.05) is 18.2 Å². The maximum absolute atomic E-state index is 12.6. The molecule has 2 rings (SSSR count). The first kappa shape index (κ1) is 16.8. The van der Waals surface area contributed by atoms with E-state index in [-0.39, 0.29) is 11.8 Å². The number of carbonyl (C=O) groups excluding carboxylic acids is 2. The van der Waals surface area contributed by atoms with Crippen molar-refractivity contribution >= 4 is 17.5 Å². The van der Waals surface area contributed by atoms with Gasteiger partial charge in [-0.25, -0.2) is 0 Å². The maximum Gasteiger partial charge on any atom is 0.227 e. The molecule has 5 nitrogen and oxygen atoms in total. The van der Waals surface area contributed by atoms with Gasteiger partial charge in [-0.15, -0.1) is 0 Å². The minimum absolute atomic E-state index is 0.0161. The van der Waals surface area contributed by atoms with Gasteiger partial charge in [0, 0.05) is 25.1 Å². The minimum Gasteiger partial charge on any atom is -0.467 e. The van der Waals surface area contributed by atoms with Crippen LogP contribution in [0.4, 0.5) is 5.69 Å². The highest BCUT2D eigenvalue weighted by Crippen LogP contribution is 2.19. The van der Waals surface area contributed by atoms with Crippen molar-refractivity contribution in [2.75, 3.05) is 11.4 Å². The lowest BCUT2D eigenvalue weighted by Crippen LogP contribution is -2.30. The summed E-state index contributed by atoms with van der Waals surface area (Å²) in [5.41, 5.74) is 0.826. The van der Waals surface area contributed by atoms with Gasteiger partial charge in [0.1, 0.15) is 5.76 Å². The molecule has 2 amide bonds. The van der Waals surface area contributed by atoms with Crippen molar-refractivity contribution in [1.82, 2.24) is 5.32 Å². The third-order valence-electron chi connectivity index (χ3n) is 3.43. The van der Waals surface area contributed by atoms with Gasteiger partial charge in [0.2, 0.25) is 11.8 Å². The number of benzene rings is 1. The number of hydrogen-bond donors (Lipinski definition) is 1. The Morgan fingerprint density at radius 2 is 1.87 bits per heavy atom. The standard InChI is InChI=1S/C18H22N2O3/c1-2-19-17(21)11-6-12-18(22)20(14-16-10-7-13-23-16)15-8-4-3-5-9-15/h3-5,7-10,13H,2,6,11-12,14H2,1H3,(H,19,21). The number of para-hydroxylation sites is 1. The lowest BCUT2D eigenvalue weighted by atomic mass is 10.2. The predicted molar refractivity (Wildman–Crippen MR) is 88.9 cm³/mol. The molecule has 5 heteroatoms. The zero-order chi connectivity index (χ0) is 16.5. The molecule has 1 N–H and O–H groups in total. The van der Waals surface area contributed by atoms with Crippen molar-refractivity contribution in [2.24, 2.45) is 0 Å². The lowest BCUT2D eigenvalue weighted by Gasteiger charge is -2.22. The van der Waals surface area contributed by atoms with Crippen molar-refractivity contribution in [3.8, 4) is 0 Å². The molecule has 1 aromatic heterocycles. The fraction of sp³-hybridized carbons (Fsp3) is 0.333. The van der Waals surface area contributed by atoms with Gasteiger partial charge in [0.25, 0.3) is 0 Å². The second-order valence-electron chi connectivity index (χ2n) is 5.20. The van der Waals surface area contributed by atoms with Crippen LogP contribution in [0.2, 0.25) is 0 Å². The van der Waals surface area contributed by atoms with Crippen LogP contribution in [-0.2, 0) is 16.1 Å². The third kappa shape index (κ3) is 5.29. The van der Waals surface area contributed by atoms with Crippen molar-refractivity contribution < 1.29 is 14.0 Å². The van der Waals surface area contributed by atoms with Crippen LogP contribution in [0, 0.1) is 0 Å². The molecular formula is C18H22N2O3. The van der Waals surface area contributed by atoms with Crippen LogP contribution < -0.4 is 10.2 Å². The van der Waals surface area contributed by atoms with E-state index in [0.29, 0.717) is 32.4 Å². The van der Waals surface area contributed by atoms with Crippen molar-refractivity contribution in [1.29, 1.82) is 0 Å². The van der Waals surface area contributed by atoms with Gasteiger partial charge in [0.15, 0.2) is 0 Å². The Hall–Kier alpha value is -2.56. The summed E-state index contributed by atoms with van der Waals surface area (Å²) >= 11 is 0. The van der Waals surface area contributed by atoms with Gasteiger partial charge in [0.05, 0.1) is 12.8 Å². The Kier molecular flexibility index (Phi) is 6.41. The monoisotopic (exact) mass is 314 g/mol. The highest BCUT2D eigenvalue weighted by Gasteiger charge is 2.17. The molecule has 0 bridgehead atoms. The molecule has 0 saturated heterocycles. The number of rotatable bonds is 8. The summed E-state index contributed by atoms with van der Waals surface area (Å²) in [5, 5.41) is 2.74. The van der Waals surface area contributed by atoms with Crippen LogP contribution >= 0.6 is 0 Å². The highest BCUT2D eigenvalue weighted by molar-refractivity contribution is 5.93. The summed E-state index contributed by atoms with van der Waals surface area (Å²) in [6.07, 6.45) is 2.82. The fourth-order valence-corrected chi connectivity index (χ4v) is 2.31. The van der Waals surface area contributed by atoms with Gasteiger partial charge in [-0.3, -0.25) is 9.59 Å². The molecule has 2 aromatic rings. The van der Waals surface area contributed by atoms with Crippen LogP contribution in [0.25, 0.3) is 0 Å². The Morgan fingerprint density at radius 1 is 1.09 bits per heavy atom. The Bertz CT molecular complexity index is 608. The van der Waals surface area contributed by atoms with Crippen molar-refractivity contribution in [2.45, 2.75) is 32.7 Å². The number of carbonyl (C=O) groups is 2. The zero-order valence-electron chi connectivity index (χ0n) is 13.3. The molecule has 23 heavy (non-hydrogen) atoms. The van der Waals surface area contributed by atoms with Crippen LogP contribution in [0.1, 0.15) is 31.9 Å². The van der Waals surface area contributed by atoms with Gasteiger partial charge in [-0.2, -0.15) is 0 Å². The SMILES string of the molecule is CCNC(=O)CCCC(=O)N(Cc1ccco1)c1ccccc1. The van der Waals surface area contributed by atoms with E-state index < -0.39 is 0 Å². The molecule has 0 saturated carbocycles. The Balaban J connectivity index is 1.99. The summed E-state index contributed by atoms with van der Waals surface area (Å²) in [6, 6.07) is 13.1. The first-order valence-corrected chi connectivity index (χ1v) is 7.85. The third-order valence-corrected chi connectivity index (χ3v) is 3.43. The summed E-state index contributed by atoms with van der Waals surface area (Å²) in [5.74, 6) is 0.695. The Labute approximate surface area is 136 Å². The van der Waals surface area contributed by atoms with Crippen molar-refractivity contribution in [3.63, 3.8) is 0 Å². The number of hydrogen-bond acceptors (Lipinski definition) is 3. The number of furan rings is 1. The number of amides is 2. The molecule has 0 atom stereocenters. The lowest BCUT2D eigenvalue weighted by molar-refractivity contribution is -0.121. The number of nitrogens with zero attached hydrogens (tertiary/aromatic N) is 1. The van der Waals surface area contributed by atoms with Crippen LogP contribution in [0.5, 0.6) is 0 Å². The fourth-order valence-electron chi connectivity index (χ4n) is 2.31. The molecule has 0 aliphatic heterocycles. The average Bonchev–Trinajstić information content (AvgIpc) is 3.07. The zero-order valence-corrected chi connectivity index (χ0v) is 13.3. The van der Waals surface area contributed by atoms with Gasteiger partial charge in [-0.05, 0) is 37.6 Å². The van der Waals surface area contributed by atoms with E-state index in [1.54, 1.807) is 17.2 Å². The second-order valence-corrected chi connectivity index (χ2v) is 5.20. The molecule has 0 fully saturated rings. The molecule has 0 unspecified atom stereocenters. The van der Waals surface area contributed by atoms with E-state index in [4.69, 9.17) is 4.42 Å². The summed E-state index contributed by atoms with van der Waals surface area (Å²) in [7, 11) is 0. The quantitative estimate of drug-likeness (QED) is 0.814. The molecule has 0 radical (unpaired) electrons. The summed E-state index contributed by atoms with van der Waals surface area (Å²) in [6.45, 7) is 2.88. The second kappa shape index (κ2) is 8.78. The summed E-state index contributed by atoms with van der Waals surface area (Å²) in [4.78, 5) is 25.7. The van der Waals surface area contributed by atoms with Crippen molar-refractivity contribution in [3.05, 3.63) is 54.5 Å². The molecule has 0 spiro atoms. The van der Waals surface area contributed by atoms with E-state index in [1.165, 1.54) is 0 Å². The van der Waals surface area contributed by atoms with Crippen LogP contribution in [0.3, 0.4) is 0 Å². The Morgan fingerprint density at radius 3 is 2.52 bits per heavy atom. The average molecular weight is 314 g/mol. The first-order chi connectivity index (χ1) is 11.2. The number of anilines is 1. The first-order valence-electron chi connectivity index (χ1n) is 7.85. The van der Waals surface area contributed by atoms with Crippen LogP contribution in [-0.4, -0.2) is 18.4 Å². The molecule has 0 aliphatic rings. The van der Waals surface area contributed by atoms with E-state index in [2.05, 4.69) is 5.32 Å². The molecule has 0 aliphatic carbocycles. The molecule has 122 valence electrons. The van der Waals surface area contributed by atoms with E-state index in [9.17, 15) is 9.59 Å². The minimum atomic E-state index is -0.0168. The van der Waals surface area contributed by atoms with E-state index in [0.717, 1.165) is 11.4 Å². The largest absolute Gasteiger partial charge is 0.467 e. The van der Waals surface area contributed by atoms with Crippen LogP contribution in [0.15, 0.2) is 53.1 Å². The highest BCUT2D eigenvalue weighted by atomic mass is 16.3.